The van der Waals surface area contributed by atoms with E-state index >= 15 is 0 Å². The third kappa shape index (κ3) is 3.43. The number of fused-ring (bicyclic) bond motifs is 1. The first-order chi connectivity index (χ1) is 12.9. The van der Waals surface area contributed by atoms with Gasteiger partial charge in [0, 0.05) is 36.9 Å². The topological polar surface area (TPSA) is 85.8 Å². The first-order valence-electron chi connectivity index (χ1n) is 7.89. The zero-order valence-electron chi connectivity index (χ0n) is 14.0. The van der Waals surface area contributed by atoms with Gasteiger partial charge in [-0.25, -0.2) is 15.0 Å². The molecule has 4 heterocycles. The number of alkyl halides is 3. The van der Waals surface area contributed by atoms with Crippen LogP contribution in [0.1, 0.15) is 17.1 Å². The highest BCUT2D eigenvalue weighted by atomic mass is 19.4. The lowest BCUT2D eigenvalue weighted by molar-refractivity contribution is -0.144. The lowest BCUT2D eigenvalue weighted by Gasteiger charge is -2.10. The molecule has 4 rings (SSSR count). The summed E-state index contributed by atoms with van der Waals surface area (Å²) < 4.78 is 41.5. The van der Waals surface area contributed by atoms with Gasteiger partial charge in [0.1, 0.15) is 18.0 Å². The van der Waals surface area contributed by atoms with E-state index in [4.69, 9.17) is 0 Å². The van der Waals surface area contributed by atoms with Crippen LogP contribution < -0.4 is 5.32 Å². The van der Waals surface area contributed by atoms with Crippen LogP contribution in [0.5, 0.6) is 0 Å². The van der Waals surface area contributed by atoms with E-state index in [1.165, 1.54) is 0 Å². The summed E-state index contributed by atoms with van der Waals surface area (Å²) in [5.74, 6) is -0.293. The monoisotopic (exact) mass is 374 g/mol. The zero-order valence-corrected chi connectivity index (χ0v) is 14.0. The van der Waals surface area contributed by atoms with E-state index in [1.54, 1.807) is 48.5 Å². The average molecular weight is 374 g/mol. The van der Waals surface area contributed by atoms with Gasteiger partial charge in [-0.1, -0.05) is 0 Å². The number of imidazole rings is 1. The van der Waals surface area contributed by atoms with Gasteiger partial charge in [0.05, 0.1) is 0 Å². The minimum atomic E-state index is -4.64. The van der Waals surface area contributed by atoms with Crippen molar-refractivity contribution in [2.45, 2.75) is 19.6 Å². The van der Waals surface area contributed by atoms with Gasteiger partial charge < -0.3 is 5.32 Å². The predicted molar refractivity (Wildman–Crippen MR) is 89.2 cm³/mol. The lowest BCUT2D eigenvalue weighted by Crippen LogP contribution is -2.09. The van der Waals surface area contributed by atoms with Crippen LogP contribution in [0.2, 0.25) is 0 Å². The Hall–Kier alpha value is -3.50. The molecule has 0 aliphatic carbocycles. The van der Waals surface area contributed by atoms with E-state index in [1.807, 2.05) is 6.07 Å². The molecule has 0 aliphatic heterocycles. The van der Waals surface area contributed by atoms with Crippen molar-refractivity contribution >= 4 is 11.6 Å². The minimum absolute atomic E-state index is 0.112. The molecule has 0 unspecified atom stereocenters. The fraction of sp³-hybridized carbons (Fsp3) is 0.188. The van der Waals surface area contributed by atoms with Gasteiger partial charge >= 0.3 is 6.18 Å². The van der Waals surface area contributed by atoms with Crippen LogP contribution in [0.4, 0.5) is 19.0 Å². The second-order valence-electron chi connectivity index (χ2n) is 5.77. The molecule has 0 saturated carbocycles. The zero-order chi connectivity index (χ0) is 19.0. The Morgan fingerprint density at radius 3 is 2.74 bits per heavy atom. The maximum Gasteiger partial charge on any atom is 0.453 e. The number of rotatable bonds is 4. The number of halogens is 3. The molecule has 4 aromatic heterocycles. The van der Waals surface area contributed by atoms with Crippen LogP contribution in [0.25, 0.3) is 11.6 Å². The number of nitrogens with one attached hydrogen (secondary N) is 1. The number of hydrogen-bond acceptors (Lipinski definition) is 6. The van der Waals surface area contributed by atoms with Crippen LogP contribution in [0, 0.1) is 6.92 Å². The number of aromatic nitrogens is 7. The molecular weight excluding hydrogens is 361 g/mol. The Bertz CT molecular complexity index is 1080. The molecule has 1 N–H and O–H groups in total. The predicted octanol–water partition coefficient (Wildman–Crippen LogP) is 2.64. The molecule has 0 aliphatic rings. The molecule has 27 heavy (non-hydrogen) atoms. The number of aryl methyl sites for hydroxylation is 1. The first-order valence-corrected chi connectivity index (χ1v) is 7.89. The van der Waals surface area contributed by atoms with E-state index in [2.05, 4.69) is 30.4 Å². The third-order valence-electron chi connectivity index (χ3n) is 3.75. The van der Waals surface area contributed by atoms with Crippen molar-refractivity contribution in [2.24, 2.45) is 0 Å². The van der Waals surface area contributed by atoms with E-state index in [0.29, 0.717) is 23.9 Å². The SMILES string of the molecule is Cc1cc(NCc2ccnc(-n3ccnc3)c2)n2nc(C(F)(F)F)nc2n1. The molecule has 4 aromatic rings. The maximum atomic E-state index is 12.9. The lowest BCUT2D eigenvalue weighted by atomic mass is 10.2. The highest BCUT2D eigenvalue weighted by Gasteiger charge is 2.36. The van der Waals surface area contributed by atoms with Crippen LogP contribution >= 0.6 is 0 Å². The van der Waals surface area contributed by atoms with Gasteiger partial charge in [-0.15, -0.1) is 5.10 Å². The first kappa shape index (κ1) is 16.9. The van der Waals surface area contributed by atoms with E-state index in [0.717, 1.165) is 10.1 Å². The summed E-state index contributed by atoms with van der Waals surface area (Å²) in [6.07, 6.45) is 2.05. The summed E-state index contributed by atoms with van der Waals surface area (Å²) in [6.45, 7) is 2.03. The van der Waals surface area contributed by atoms with Crippen molar-refractivity contribution < 1.29 is 13.2 Å². The molecule has 0 spiro atoms. The van der Waals surface area contributed by atoms with Crippen LogP contribution in [0.3, 0.4) is 0 Å². The molecular formula is C16H13F3N8. The third-order valence-corrected chi connectivity index (χ3v) is 3.75. The number of nitrogens with zero attached hydrogens (tertiary/aromatic N) is 7. The Balaban J connectivity index is 1.62. The second kappa shape index (κ2) is 6.34. The normalized spacial score (nSPS) is 11.9. The summed E-state index contributed by atoms with van der Waals surface area (Å²) in [4.78, 5) is 15.7. The standard InChI is InChI=1S/C16H13F3N8/c1-10-6-13(27-15(23-10)24-14(25-27)16(17,18)19)22-8-11-2-3-21-12(7-11)26-5-4-20-9-26/h2-7,9,22H,8H2,1H3. The Kier molecular flexibility index (Phi) is 3.98. The Morgan fingerprint density at radius 2 is 2.00 bits per heavy atom. The van der Waals surface area contributed by atoms with Crippen molar-refractivity contribution in [1.82, 2.24) is 34.1 Å². The molecule has 0 atom stereocenters. The summed E-state index contributed by atoms with van der Waals surface area (Å²) in [6, 6.07) is 5.27. The van der Waals surface area contributed by atoms with Crippen molar-refractivity contribution in [3.8, 4) is 5.82 Å². The van der Waals surface area contributed by atoms with E-state index in [-0.39, 0.29) is 5.78 Å². The fourth-order valence-corrected chi connectivity index (χ4v) is 2.53. The van der Waals surface area contributed by atoms with Crippen LogP contribution in [-0.2, 0) is 12.7 Å². The van der Waals surface area contributed by atoms with Crippen molar-refractivity contribution in [2.75, 3.05) is 5.32 Å². The molecule has 0 saturated heterocycles. The molecule has 0 bridgehead atoms. The number of hydrogen-bond donors (Lipinski definition) is 1. The Labute approximate surface area is 150 Å². The van der Waals surface area contributed by atoms with Gasteiger partial charge in [0.15, 0.2) is 0 Å². The summed E-state index contributed by atoms with van der Waals surface area (Å²) in [7, 11) is 0. The molecule has 0 fully saturated rings. The van der Waals surface area contributed by atoms with Gasteiger partial charge in [-0.05, 0) is 24.6 Å². The molecule has 138 valence electrons. The highest BCUT2D eigenvalue weighted by Crippen LogP contribution is 2.27. The quantitative estimate of drug-likeness (QED) is 0.591. The minimum Gasteiger partial charge on any atom is -0.366 e. The largest absolute Gasteiger partial charge is 0.453 e. The molecule has 11 heteroatoms. The molecule has 0 aromatic carbocycles. The number of pyridine rings is 1. The van der Waals surface area contributed by atoms with Gasteiger partial charge in [0.2, 0.25) is 0 Å². The summed E-state index contributed by atoms with van der Waals surface area (Å²) in [5.41, 5.74) is 1.41. The van der Waals surface area contributed by atoms with E-state index < -0.39 is 12.0 Å². The van der Waals surface area contributed by atoms with Crippen molar-refractivity contribution in [3.05, 3.63) is 60.2 Å². The summed E-state index contributed by atoms with van der Waals surface area (Å²) >= 11 is 0. The molecule has 8 nitrogen and oxygen atoms in total. The van der Waals surface area contributed by atoms with E-state index in [9.17, 15) is 13.2 Å². The average Bonchev–Trinajstić information content (AvgIpc) is 3.29. The van der Waals surface area contributed by atoms with Crippen molar-refractivity contribution in [3.63, 3.8) is 0 Å². The molecule has 0 amide bonds. The van der Waals surface area contributed by atoms with Crippen molar-refractivity contribution in [1.29, 1.82) is 0 Å². The highest BCUT2D eigenvalue weighted by molar-refractivity contribution is 5.46. The second-order valence-corrected chi connectivity index (χ2v) is 5.77. The van der Waals surface area contributed by atoms with Crippen LogP contribution in [-0.4, -0.2) is 34.1 Å². The smallest absolute Gasteiger partial charge is 0.366 e. The molecule has 0 radical (unpaired) electrons. The fourth-order valence-electron chi connectivity index (χ4n) is 2.53. The van der Waals surface area contributed by atoms with Crippen LogP contribution in [0.15, 0.2) is 43.1 Å². The summed E-state index contributed by atoms with van der Waals surface area (Å²) in [5, 5.41) is 6.61. The van der Waals surface area contributed by atoms with Gasteiger partial charge in [-0.2, -0.15) is 22.7 Å². The maximum absolute atomic E-state index is 12.9. The Morgan fingerprint density at radius 1 is 1.15 bits per heavy atom. The van der Waals surface area contributed by atoms with Gasteiger partial charge in [0.25, 0.3) is 11.6 Å². The number of anilines is 1. The van der Waals surface area contributed by atoms with Gasteiger partial charge in [-0.3, -0.25) is 4.57 Å².